The molecule has 0 saturated carbocycles. The highest BCUT2D eigenvalue weighted by molar-refractivity contribution is 5.99. The molecule has 9 heteroatoms. The summed E-state index contributed by atoms with van der Waals surface area (Å²) in [6.07, 6.45) is 2.15. The van der Waals surface area contributed by atoms with Crippen LogP contribution in [0.5, 0.6) is 0 Å². The van der Waals surface area contributed by atoms with Crippen molar-refractivity contribution < 1.29 is 9.53 Å². The third-order valence-corrected chi connectivity index (χ3v) is 5.39. The molecule has 0 amide bonds. The molecular weight excluding hydrogens is 418 g/mol. The molecular formula is C24H23N7O2. The number of ether oxygens (including phenoxy) is 1. The van der Waals surface area contributed by atoms with Gasteiger partial charge in [0.2, 0.25) is 11.9 Å². The fraction of sp³-hybridized carbons (Fsp3) is 0.208. The van der Waals surface area contributed by atoms with Gasteiger partial charge in [-0.05, 0) is 37.1 Å². The van der Waals surface area contributed by atoms with Crippen LogP contribution >= 0.6 is 0 Å². The first-order valence-corrected chi connectivity index (χ1v) is 10.8. The van der Waals surface area contributed by atoms with Crippen LogP contribution in [0.1, 0.15) is 29.0 Å². The van der Waals surface area contributed by atoms with Gasteiger partial charge in [0.05, 0.1) is 5.52 Å². The number of aromatic nitrogens is 4. The number of esters is 1. The molecule has 5 rings (SSSR count). The van der Waals surface area contributed by atoms with Crippen LogP contribution in [-0.2, 0) is 11.3 Å². The molecule has 2 aromatic carbocycles. The van der Waals surface area contributed by atoms with Crippen LogP contribution in [0.15, 0.2) is 60.7 Å². The van der Waals surface area contributed by atoms with E-state index in [2.05, 4.69) is 25.2 Å². The van der Waals surface area contributed by atoms with E-state index in [4.69, 9.17) is 15.5 Å². The Balaban J connectivity index is 1.37. The van der Waals surface area contributed by atoms with Gasteiger partial charge in [-0.1, -0.05) is 36.4 Å². The van der Waals surface area contributed by atoms with Crippen molar-refractivity contribution in [2.75, 3.05) is 29.0 Å². The lowest BCUT2D eigenvalue weighted by molar-refractivity contribution is 0.0462. The molecule has 0 bridgehead atoms. The number of rotatable bonds is 6. The van der Waals surface area contributed by atoms with Gasteiger partial charge in [0.25, 0.3) is 0 Å². The second-order valence-corrected chi connectivity index (χ2v) is 7.75. The normalized spacial score (nSPS) is 13.3. The van der Waals surface area contributed by atoms with Crippen molar-refractivity contribution in [1.82, 2.24) is 19.9 Å². The minimum absolute atomic E-state index is 0.0413. The number of anilines is 4. The summed E-state index contributed by atoms with van der Waals surface area (Å²) in [4.78, 5) is 32.5. The van der Waals surface area contributed by atoms with E-state index >= 15 is 0 Å². The van der Waals surface area contributed by atoms with Crippen molar-refractivity contribution in [3.63, 3.8) is 0 Å². The van der Waals surface area contributed by atoms with Gasteiger partial charge in [0.15, 0.2) is 12.4 Å². The number of nitrogens with zero attached hydrogens (tertiary/aromatic N) is 5. The summed E-state index contributed by atoms with van der Waals surface area (Å²) in [5, 5.41) is 3.95. The Labute approximate surface area is 190 Å². The molecule has 9 nitrogen and oxygen atoms in total. The van der Waals surface area contributed by atoms with Gasteiger partial charge < -0.3 is 20.7 Å². The second kappa shape index (κ2) is 9.07. The summed E-state index contributed by atoms with van der Waals surface area (Å²) >= 11 is 0. The number of fused-ring (bicyclic) bond motifs is 1. The second-order valence-electron chi connectivity index (χ2n) is 7.75. The standard InChI is InChI=1S/C24H23N7O2/c25-23-28-20(29-24(30-23)26-17-9-2-1-3-10-17)15-33-22(32)18-14-16-8-4-5-11-19(16)27-21(18)31-12-6-7-13-31/h1-5,8-11,14H,6-7,12-13,15H2,(H3,25,26,28,29,30). The first-order valence-electron chi connectivity index (χ1n) is 10.8. The number of pyridine rings is 1. The Hall–Kier alpha value is -4.27. The predicted octanol–water partition coefficient (Wildman–Crippen LogP) is 3.70. The number of para-hydroxylation sites is 2. The van der Waals surface area contributed by atoms with Crippen LogP contribution in [-0.4, -0.2) is 39.0 Å². The highest BCUT2D eigenvalue weighted by atomic mass is 16.5. The zero-order chi connectivity index (χ0) is 22.6. The molecule has 1 aliphatic rings. The molecule has 4 aromatic rings. The molecule has 1 saturated heterocycles. The van der Waals surface area contributed by atoms with Crippen LogP contribution in [0.3, 0.4) is 0 Å². The average molecular weight is 441 g/mol. The molecule has 1 aliphatic heterocycles. The number of nitrogens with two attached hydrogens (primary N) is 1. The number of nitrogen functional groups attached to an aromatic ring is 1. The Morgan fingerprint density at radius 2 is 1.73 bits per heavy atom. The van der Waals surface area contributed by atoms with E-state index in [1.165, 1.54) is 0 Å². The first kappa shape index (κ1) is 20.6. The third-order valence-electron chi connectivity index (χ3n) is 5.39. The summed E-state index contributed by atoms with van der Waals surface area (Å²) in [5.74, 6) is 0.750. The molecule has 0 atom stereocenters. The Morgan fingerprint density at radius 1 is 0.970 bits per heavy atom. The van der Waals surface area contributed by atoms with E-state index in [1.54, 1.807) is 0 Å². The molecule has 0 spiro atoms. The smallest absolute Gasteiger partial charge is 0.342 e. The SMILES string of the molecule is Nc1nc(COC(=O)c2cc3ccccc3nc2N2CCCC2)nc(Nc2ccccc2)n1. The minimum atomic E-state index is -0.480. The van der Waals surface area contributed by atoms with Crippen molar-refractivity contribution in [2.45, 2.75) is 19.4 Å². The summed E-state index contributed by atoms with van der Waals surface area (Å²) in [6.45, 7) is 1.59. The molecule has 3 N–H and O–H groups in total. The van der Waals surface area contributed by atoms with Crippen molar-refractivity contribution in [3.8, 4) is 0 Å². The third kappa shape index (κ3) is 4.67. The molecule has 0 aliphatic carbocycles. The zero-order valence-corrected chi connectivity index (χ0v) is 17.9. The summed E-state index contributed by atoms with van der Waals surface area (Å²) in [6, 6.07) is 19.0. The van der Waals surface area contributed by atoms with Gasteiger partial charge in [-0.2, -0.15) is 15.0 Å². The average Bonchev–Trinajstić information content (AvgIpc) is 3.37. The summed E-state index contributed by atoms with van der Waals surface area (Å²) in [7, 11) is 0. The monoisotopic (exact) mass is 441 g/mol. The predicted molar refractivity (Wildman–Crippen MR) is 126 cm³/mol. The molecule has 0 radical (unpaired) electrons. The van der Waals surface area contributed by atoms with Gasteiger partial charge in [0, 0.05) is 24.2 Å². The van der Waals surface area contributed by atoms with Crippen LogP contribution < -0.4 is 16.0 Å². The van der Waals surface area contributed by atoms with Crippen molar-refractivity contribution >= 4 is 40.3 Å². The summed E-state index contributed by atoms with van der Waals surface area (Å²) < 4.78 is 5.58. The van der Waals surface area contributed by atoms with E-state index in [1.807, 2.05) is 60.7 Å². The molecule has 2 aromatic heterocycles. The van der Waals surface area contributed by atoms with Gasteiger partial charge >= 0.3 is 5.97 Å². The van der Waals surface area contributed by atoms with E-state index in [0.29, 0.717) is 11.4 Å². The van der Waals surface area contributed by atoms with Crippen molar-refractivity contribution in [1.29, 1.82) is 0 Å². The summed E-state index contributed by atoms with van der Waals surface area (Å²) in [5.41, 5.74) is 7.93. The highest BCUT2D eigenvalue weighted by Gasteiger charge is 2.23. The number of benzene rings is 2. The zero-order valence-electron chi connectivity index (χ0n) is 17.9. The maximum absolute atomic E-state index is 13.1. The number of nitrogens with one attached hydrogen (secondary N) is 1. The fourth-order valence-electron chi connectivity index (χ4n) is 3.84. The van der Waals surface area contributed by atoms with Gasteiger partial charge in [-0.15, -0.1) is 0 Å². The Kier molecular flexibility index (Phi) is 5.67. The topological polar surface area (TPSA) is 119 Å². The number of carbonyl (C=O) groups is 1. The van der Waals surface area contributed by atoms with Crippen LogP contribution in [0, 0.1) is 0 Å². The lowest BCUT2D eigenvalue weighted by atomic mass is 10.1. The molecule has 1 fully saturated rings. The van der Waals surface area contributed by atoms with Gasteiger partial charge in [-0.3, -0.25) is 0 Å². The van der Waals surface area contributed by atoms with E-state index in [9.17, 15) is 4.79 Å². The van der Waals surface area contributed by atoms with Crippen molar-refractivity contribution in [3.05, 3.63) is 72.1 Å². The maximum Gasteiger partial charge on any atom is 0.342 e. The van der Waals surface area contributed by atoms with E-state index < -0.39 is 5.97 Å². The van der Waals surface area contributed by atoms with E-state index in [-0.39, 0.29) is 24.3 Å². The Morgan fingerprint density at radius 3 is 2.55 bits per heavy atom. The lowest BCUT2D eigenvalue weighted by Gasteiger charge is -2.20. The quantitative estimate of drug-likeness (QED) is 0.432. The van der Waals surface area contributed by atoms with Gasteiger partial charge in [-0.25, -0.2) is 9.78 Å². The number of carbonyl (C=O) groups excluding carboxylic acids is 1. The fourth-order valence-corrected chi connectivity index (χ4v) is 3.84. The number of hydrogen-bond donors (Lipinski definition) is 2. The molecule has 3 heterocycles. The molecule has 33 heavy (non-hydrogen) atoms. The number of hydrogen-bond acceptors (Lipinski definition) is 9. The first-order chi connectivity index (χ1) is 16.2. The van der Waals surface area contributed by atoms with Crippen LogP contribution in [0.25, 0.3) is 10.9 Å². The van der Waals surface area contributed by atoms with E-state index in [0.717, 1.165) is 42.5 Å². The van der Waals surface area contributed by atoms with Gasteiger partial charge in [0.1, 0.15) is 11.4 Å². The maximum atomic E-state index is 13.1. The Bertz CT molecular complexity index is 1290. The highest BCUT2D eigenvalue weighted by Crippen LogP contribution is 2.27. The van der Waals surface area contributed by atoms with Crippen LogP contribution in [0.2, 0.25) is 0 Å². The largest absolute Gasteiger partial charge is 0.454 e. The molecule has 0 unspecified atom stereocenters. The van der Waals surface area contributed by atoms with Crippen molar-refractivity contribution in [2.24, 2.45) is 0 Å². The van der Waals surface area contributed by atoms with Crippen LogP contribution in [0.4, 0.5) is 23.4 Å². The minimum Gasteiger partial charge on any atom is -0.454 e. The lowest BCUT2D eigenvalue weighted by Crippen LogP contribution is -2.23. The molecule has 166 valence electrons.